The van der Waals surface area contributed by atoms with Crippen molar-refractivity contribution >= 4 is 50.4 Å². The van der Waals surface area contributed by atoms with Crippen molar-refractivity contribution in [2.24, 2.45) is 5.73 Å². The van der Waals surface area contributed by atoms with Crippen LogP contribution in [0.15, 0.2) is 95.9 Å². The van der Waals surface area contributed by atoms with E-state index in [1.54, 1.807) is 19.2 Å². The van der Waals surface area contributed by atoms with Crippen LogP contribution in [0.25, 0.3) is 0 Å². The molecule has 0 aromatic heterocycles. The zero-order valence-electron chi connectivity index (χ0n) is 21.6. The molecule has 8 nitrogen and oxygen atoms in total. The number of sulfonamides is 1. The maximum absolute atomic E-state index is 13.0. The molecule has 0 saturated heterocycles. The van der Waals surface area contributed by atoms with E-state index in [4.69, 9.17) is 43.8 Å². The molecule has 0 bridgehead atoms. The standard InChI is InChI=1S/C29H28Cl2N4O4S/c1-38-27-18-24(12-14-26(27)39-19-20-5-3-2-4-6-20)35(23-10-7-21(8-11-23)29(32)33)16-15-34-40(36,37)28-17-22(30)9-13-25(28)31/h2-14,17-18,34H,15-16,19H2,1H3,(H3,32,33). The summed E-state index contributed by atoms with van der Waals surface area (Å²) in [6.45, 7) is 0.680. The molecule has 0 aliphatic heterocycles. The Balaban J connectivity index is 1.59. The number of nitrogens with zero attached hydrogens (tertiary/aromatic N) is 1. The molecule has 0 fully saturated rings. The quantitative estimate of drug-likeness (QED) is 0.136. The van der Waals surface area contributed by atoms with Gasteiger partial charge in [0.05, 0.1) is 12.1 Å². The monoisotopic (exact) mass is 598 g/mol. The van der Waals surface area contributed by atoms with E-state index >= 15 is 0 Å². The summed E-state index contributed by atoms with van der Waals surface area (Å²) in [5.74, 6) is 1.04. The van der Waals surface area contributed by atoms with Gasteiger partial charge >= 0.3 is 0 Å². The average molecular weight is 600 g/mol. The molecule has 11 heteroatoms. The molecule has 40 heavy (non-hydrogen) atoms. The van der Waals surface area contributed by atoms with E-state index in [1.807, 2.05) is 65.6 Å². The minimum atomic E-state index is -3.93. The molecular weight excluding hydrogens is 571 g/mol. The molecule has 4 aromatic rings. The zero-order chi connectivity index (χ0) is 28.7. The van der Waals surface area contributed by atoms with Gasteiger partial charge in [0, 0.05) is 41.1 Å². The summed E-state index contributed by atoms with van der Waals surface area (Å²) in [7, 11) is -2.37. The van der Waals surface area contributed by atoms with Gasteiger partial charge in [-0.1, -0.05) is 53.5 Å². The summed E-state index contributed by atoms with van der Waals surface area (Å²) >= 11 is 12.1. The fraction of sp³-hybridized carbons (Fsp3) is 0.138. The Morgan fingerprint density at radius 2 is 1.62 bits per heavy atom. The average Bonchev–Trinajstić information content (AvgIpc) is 2.96. The van der Waals surface area contributed by atoms with Crippen molar-refractivity contribution in [3.8, 4) is 11.5 Å². The number of benzene rings is 4. The van der Waals surface area contributed by atoms with Crippen LogP contribution in [0, 0.1) is 5.41 Å². The summed E-state index contributed by atoms with van der Waals surface area (Å²) in [4.78, 5) is 1.82. The highest BCUT2D eigenvalue weighted by Crippen LogP contribution is 2.35. The number of hydrogen-bond donors (Lipinski definition) is 3. The van der Waals surface area contributed by atoms with Crippen molar-refractivity contribution in [1.29, 1.82) is 5.41 Å². The highest BCUT2D eigenvalue weighted by atomic mass is 35.5. The summed E-state index contributed by atoms with van der Waals surface area (Å²) in [5, 5.41) is 8.02. The van der Waals surface area contributed by atoms with Gasteiger partial charge in [-0.25, -0.2) is 13.1 Å². The zero-order valence-corrected chi connectivity index (χ0v) is 23.9. The highest BCUT2D eigenvalue weighted by molar-refractivity contribution is 7.89. The molecule has 4 aromatic carbocycles. The van der Waals surface area contributed by atoms with Gasteiger partial charge in [-0.05, 0) is 60.2 Å². The van der Waals surface area contributed by atoms with Crippen LogP contribution in [-0.4, -0.2) is 34.5 Å². The second-order valence-corrected chi connectivity index (χ2v) is 11.3. The SMILES string of the molecule is COc1cc(N(CCNS(=O)(=O)c2cc(Cl)ccc2Cl)c2ccc(C(=N)N)cc2)ccc1OCc1ccccc1. The first-order valence-corrected chi connectivity index (χ1v) is 14.4. The Morgan fingerprint density at radius 1 is 0.925 bits per heavy atom. The number of ether oxygens (including phenoxy) is 2. The number of nitrogens with one attached hydrogen (secondary N) is 2. The molecule has 4 rings (SSSR count). The number of halogens is 2. The number of methoxy groups -OCH3 is 1. The second kappa shape index (κ2) is 13.1. The fourth-order valence-electron chi connectivity index (χ4n) is 3.96. The van der Waals surface area contributed by atoms with Crippen LogP contribution in [0.2, 0.25) is 10.0 Å². The summed E-state index contributed by atoms with van der Waals surface area (Å²) < 4.78 is 40.1. The van der Waals surface area contributed by atoms with E-state index < -0.39 is 10.0 Å². The topological polar surface area (TPSA) is 118 Å². The van der Waals surface area contributed by atoms with Crippen molar-refractivity contribution in [1.82, 2.24) is 4.72 Å². The molecule has 0 unspecified atom stereocenters. The molecule has 0 saturated carbocycles. The smallest absolute Gasteiger partial charge is 0.242 e. The Kier molecular flexibility index (Phi) is 9.54. The molecule has 0 amide bonds. The van der Waals surface area contributed by atoms with E-state index in [-0.39, 0.29) is 33.9 Å². The van der Waals surface area contributed by atoms with Crippen LogP contribution in [0.5, 0.6) is 11.5 Å². The highest BCUT2D eigenvalue weighted by Gasteiger charge is 2.20. The fourth-order valence-corrected chi connectivity index (χ4v) is 5.74. The molecule has 0 atom stereocenters. The normalized spacial score (nSPS) is 11.2. The maximum Gasteiger partial charge on any atom is 0.242 e. The predicted molar refractivity (Wildman–Crippen MR) is 160 cm³/mol. The van der Waals surface area contributed by atoms with Gasteiger partial charge in [-0.3, -0.25) is 5.41 Å². The van der Waals surface area contributed by atoms with Crippen molar-refractivity contribution < 1.29 is 17.9 Å². The molecule has 4 N–H and O–H groups in total. The Labute approximate surface area is 243 Å². The molecule has 208 valence electrons. The van der Waals surface area contributed by atoms with Crippen LogP contribution in [0.3, 0.4) is 0 Å². The lowest BCUT2D eigenvalue weighted by Gasteiger charge is -2.26. The summed E-state index contributed by atoms with van der Waals surface area (Å²) in [6, 6.07) is 26.6. The van der Waals surface area contributed by atoms with Crippen LogP contribution >= 0.6 is 23.2 Å². The van der Waals surface area contributed by atoms with Crippen LogP contribution in [0.4, 0.5) is 11.4 Å². The van der Waals surface area contributed by atoms with Gasteiger partial charge in [0.25, 0.3) is 0 Å². The third kappa shape index (κ3) is 7.25. The van der Waals surface area contributed by atoms with E-state index in [2.05, 4.69) is 4.72 Å². The lowest BCUT2D eigenvalue weighted by Crippen LogP contribution is -2.33. The third-order valence-electron chi connectivity index (χ3n) is 6.00. The van der Waals surface area contributed by atoms with E-state index in [1.165, 1.54) is 18.2 Å². The molecule has 0 aliphatic carbocycles. The minimum absolute atomic E-state index is 0.0498. The van der Waals surface area contributed by atoms with Gasteiger partial charge in [0.1, 0.15) is 17.3 Å². The van der Waals surface area contributed by atoms with Crippen LogP contribution < -0.4 is 24.8 Å². The Bertz CT molecular complexity index is 1580. The number of amidine groups is 1. The van der Waals surface area contributed by atoms with Gasteiger partial charge in [-0.15, -0.1) is 0 Å². The first-order chi connectivity index (χ1) is 19.2. The van der Waals surface area contributed by atoms with Crippen LogP contribution in [0.1, 0.15) is 11.1 Å². The Hall–Kier alpha value is -3.76. The van der Waals surface area contributed by atoms with Crippen molar-refractivity contribution in [3.63, 3.8) is 0 Å². The van der Waals surface area contributed by atoms with E-state index in [9.17, 15) is 8.42 Å². The maximum atomic E-state index is 13.0. The Morgan fingerprint density at radius 3 is 2.30 bits per heavy atom. The second-order valence-electron chi connectivity index (χ2n) is 8.69. The van der Waals surface area contributed by atoms with Gasteiger partial charge in [-0.2, -0.15) is 0 Å². The molecule has 0 aliphatic rings. The molecule has 0 spiro atoms. The van der Waals surface area contributed by atoms with E-state index in [0.717, 1.165) is 16.9 Å². The lowest BCUT2D eigenvalue weighted by atomic mass is 10.1. The lowest BCUT2D eigenvalue weighted by molar-refractivity contribution is 0.284. The number of rotatable bonds is 12. The van der Waals surface area contributed by atoms with E-state index in [0.29, 0.717) is 23.7 Å². The van der Waals surface area contributed by atoms with Crippen molar-refractivity contribution in [3.05, 3.63) is 112 Å². The molecular formula is C29H28Cl2N4O4S. The van der Waals surface area contributed by atoms with Crippen molar-refractivity contribution in [2.75, 3.05) is 25.1 Å². The third-order valence-corrected chi connectivity index (χ3v) is 8.17. The molecule has 0 heterocycles. The van der Waals surface area contributed by atoms with Gasteiger partial charge in [0.15, 0.2) is 11.5 Å². The van der Waals surface area contributed by atoms with Crippen molar-refractivity contribution in [2.45, 2.75) is 11.5 Å². The minimum Gasteiger partial charge on any atom is -0.493 e. The number of anilines is 2. The van der Waals surface area contributed by atoms with Crippen LogP contribution in [-0.2, 0) is 16.6 Å². The number of hydrogen-bond acceptors (Lipinski definition) is 6. The number of nitrogens with two attached hydrogens (primary N) is 1. The summed E-state index contributed by atoms with van der Waals surface area (Å²) in [5.41, 5.74) is 8.71. The van der Waals surface area contributed by atoms with Gasteiger partial charge in [0.2, 0.25) is 10.0 Å². The predicted octanol–water partition coefficient (Wildman–Crippen LogP) is 5.98. The van der Waals surface area contributed by atoms with Gasteiger partial charge < -0.3 is 20.1 Å². The summed E-state index contributed by atoms with van der Waals surface area (Å²) in [6.07, 6.45) is 0. The largest absolute Gasteiger partial charge is 0.493 e. The molecule has 0 radical (unpaired) electrons. The first kappa shape index (κ1) is 29.2. The first-order valence-electron chi connectivity index (χ1n) is 12.2. The number of nitrogen functional groups attached to an aromatic ring is 1.